The molecule has 2 aromatic heterocycles. The van der Waals surface area contributed by atoms with Crippen molar-refractivity contribution in [3.05, 3.63) is 36.5 Å². The summed E-state index contributed by atoms with van der Waals surface area (Å²) in [6, 6.07) is 1.90. The van der Waals surface area contributed by atoms with E-state index in [1.54, 1.807) is 0 Å². The summed E-state index contributed by atoms with van der Waals surface area (Å²) in [5.41, 5.74) is -0.859. The van der Waals surface area contributed by atoms with Crippen molar-refractivity contribution in [3.8, 4) is 0 Å². The average Bonchev–Trinajstić information content (AvgIpc) is 3.39. The molecule has 0 radical (unpaired) electrons. The van der Waals surface area contributed by atoms with Gasteiger partial charge in [0.2, 0.25) is 12.1 Å². The van der Waals surface area contributed by atoms with E-state index in [4.69, 9.17) is 5.11 Å². The van der Waals surface area contributed by atoms with E-state index < -0.39 is 36.0 Å². The number of carbonyl (C=O) groups is 2. The van der Waals surface area contributed by atoms with Crippen molar-refractivity contribution in [2.45, 2.75) is 50.6 Å². The molecule has 3 rings (SSSR count). The molecule has 2 aromatic rings. The monoisotopic (exact) mass is 441 g/mol. The number of aliphatic hydroxyl groups is 1. The van der Waals surface area contributed by atoms with E-state index in [-0.39, 0.29) is 17.4 Å². The van der Waals surface area contributed by atoms with Gasteiger partial charge < -0.3 is 25.4 Å². The zero-order valence-corrected chi connectivity index (χ0v) is 16.3. The number of hydrogen-bond donors (Lipinski definition) is 4. The van der Waals surface area contributed by atoms with Crippen LogP contribution < -0.4 is 10.6 Å². The third-order valence-electron chi connectivity index (χ3n) is 5.14. The molecule has 1 aliphatic carbocycles. The van der Waals surface area contributed by atoms with Gasteiger partial charge in [0.1, 0.15) is 11.9 Å². The highest BCUT2D eigenvalue weighted by atomic mass is 19.4. The topological polar surface area (TPSA) is 129 Å². The van der Waals surface area contributed by atoms with Crippen molar-refractivity contribution in [2.24, 2.45) is 5.92 Å². The number of carbonyl (C=O) groups excluding carboxylic acids is 1. The minimum atomic E-state index is -4.61. The summed E-state index contributed by atoms with van der Waals surface area (Å²) in [5.74, 6) is -1.64. The summed E-state index contributed by atoms with van der Waals surface area (Å²) >= 11 is 0. The Kier molecular flexibility index (Phi) is 6.78. The van der Waals surface area contributed by atoms with E-state index in [0.717, 1.165) is 38.2 Å². The lowest BCUT2D eigenvalue weighted by Gasteiger charge is -2.21. The first kappa shape index (κ1) is 22.5. The average molecular weight is 441 g/mol. The standard InChI is InChI=1S/C19H22F3N5O4/c20-19(21,22)14-9-27(10-24-14)13(7-11-3-1-2-4-11)16(28)26-15-6-5-12(8-23-15)25-17(29)18(30)31/h5-6,8-11,13,17,25,29H,1-4,7H2,(H,30,31)(H,23,26,28)/t13?,17-/m0/s1. The molecule has 0 aromatic carbocycles. The highest BCUT2D eigenvalue weighted by Crippen LogP contribution is 2.34. The highest BCUT2D eigenvalue weighted by molar-refractivity contribution is 5.93. The molecule has 1 fully saturated rings. The van der Waals surface area contributed by atoms with E-state index in [1.165, 1.54) is 22.9 Å². The lowest BCUT2D eigenvalue weighted by atomic mass is 9.97. The number of aromatic nitrogens is 3. The maximum atomic E-state index is 12.9. The first-order chi connectivity index (χ1) is 14.6. The van der Waals surface area contributed by atoms with Crippen LogP contribution in [0.1, 0.15) is 43.8 Å². The second-order valence-electron chi connectivity index (χ2n) is 7.41. The smallest absolute Gasteiger partial charge is 0.434 e. The molecule has 1 saturated carbocycles. The quantitative estimate of drug-likeness (QED) is 0.464. The number of nitrogens with one attached hydrogen (secondary N) is 2. The second-order valence-corrected chi connectivity index (χ2v) is 7.41. The van der Waals surface area contributed by atoms with Crippen LogP contribution in [0.3, 0.4) is 0 Å². The first-order valence-corrected chi connectivity index (χ1v) is 9.68. The molecule has 9 nitrogen and oxygen atoms in total. The Bertz CT molecular complexity index is 910. The fourth-order valence-electron chi connectivity index (χ4n) is 3.56. The molecule has 0 aliphatic heterocycles. The minimum absolute atomic E-state index is 0.132. The van der Waals surface area contributed by atoms with Crippen LogP contribution in [0.2, 0.25) is 0 Å². The van der Waals surface area contributed by atoms with Gasteiger partial charge in [-0.05, 0) is 24.5 Å². The number of nitrogens with zero attached hydrogens (tertiary/aromatic N) is 3. The van der Waals surface area contributed by atoms with Gasteiger partial charge in [0.25, 0.3) is 0 Å². The van der Waals surface area contributed by atoms with Crippen molar-refractivity contribution in [2.75, 3.05) is 10.6 Å². The number of anilines is 2. The van der Waals surface area contributed by atoms with Crippen molar-refractivity contribution in [1.82, 2.24) is 14.5 Å². The third-order valence-corrected chi connectivity index (χ3v) is 5.14. The molecule has 2 heterocycles. The third kappa shape index (κ3) is 5.94. The summed E-state index contributed by atoms with van der Waals surface area (Å²) < 4.78 is 40.0. The number of amides is 1. The number of carboxylic acids is 1. The lowest BCUT2D eigenvalue weighted by molar-refractivity contribution is -0.145. The van der Waals surface area contributed by atoms with Crippen molar-refractivity contribution in [3.63, 3.8) is 0 Å². The normalized spacial score (nSPS) is 16.6. The Hall–Kier alpha value is -3.15. The maximum absolute atomic E-state index is 12.9. The van der Waals surface area contributed by atoms with Crippen LogP contribution >= 0.6 is 0 Å². The van der Waals surface area contributed by atoms with Crippen molar-refractivity contribution >= 4 is 23.4 Å². The van der Waals surface area contributed by atoms with E-state index in [0.29, 0.717) is 6.42 Å². The molecule has 4 N–H and O–H groups in total. The summed E-state index contributed by atoms with van der Waals surface area (Å²) in [6.45, 7) is 0. The Morgan fingerprint density at radius 2 is 1.94 bits per heavy atom. The van der Waals surface area contributed by atoms with E-state index in [1.807, 2.05) is 0 Å². The van der Waals surface area contributed by atoms with Crippen LogP contribution in [0.25, 0.3) is 0 Å². The number of aliphatic hydroxyl groups excluding tert-OH is 1. The van der Waals surface area contributed by atoms with E-state index >= 15 is 0 Å². The van der Waals surface area contributed by atoms with E-state index in [9.17, 15) is 27.9 Å². The number of carboxylic acid groups (broad SMARTS) is 1. The number of halogens is 3. The van der Waals surface area contributed by atoms with Gasteiger partial charge in [-0.3, -0.25) is 4.79 Å². The number of rotatable bonds is 8. The molecule has 1 aliphatic rings. The van der Waals surface area contributed by atoms with Gasteiger partial charge in [-0.1, -0.05) is 25.7 Å². The molecular formula is C19H22F3N5O4. The van der Waals surface area contributed by atoms with Gasteiger partial charge in [0.05, 0.1) is 18.2 Å². The summed E-state index contributed by atoms with van der Waals surface area (Å²) in [4.78, 5) is 30.9. The van der Waals surface area contributed by atoms with Gasteiger partial charge in [-0.15, -0.1) is 0 Å². The molecule has 1 unspecified atom stereocenters. The number of pyridine rings is 1. The van der Waals surface area contributed by atoms with Crippen molar-refractivity contribution in [1.29, 1.82) is 0 Å². The summed E-state index contributed by atoms with van der Waals surface area (Å²) in [5, 5.41) is 22.9. The molecule has 1 amide bonds. The zero-order chi connectivity index (χ0) is 22.6. The largest absolute Gasteiger partial charge is 0.478 e. The molecule has 2 atom stereocenters. The second kappa shape index (κ2) is 9.33. The van der Waals surface area contributed by atoms with Gasteiger partial charge in [0, 0.05) is 6.20 Å². The van der Waals surface area contributed by atoms with Crippen LogP contribution in [0.15, 0.2) is 30.9 Å². The predicted molar refractivity (Wildman–Crippen MR) is 103 cm³/mol. The molecule has 12 heteroatoms. The number of alkyl halides is 3. The Labute approximate surface area is 175 Å². The van der Waals surface area contributed by atoms with Crippen LogP contribution in [-0.4, -0.2) is 42.9 Å². The summed E-state index contributed by atoms with van der Waals surface area (Å²) in [6.07, 6.45) is 0.875. The molecule has 0 bridgehead atoms. The molecule has 31 heavy (non-hydrogen) atoms. The van der Waals surface area contributed by atoms with Crippen molar-refractivity contribution < 1.29 is 33.0 Å². The first-order valence-electron chi connectivity index (χ1n) is 9.68. The van der Waals surface area contributed by atoms with Gasteiger partial charge in [-0.25, -0.2) is 14.8 Å². The Morgan fingerprint density at radius 3 is 2.48 bits per heavy atom. The Morgan fingerprint density at radius 1 is 1.23 bits per heavy atom. The zero-order valence-electron chi connectivity index (χ0n) is 16.3. The molecule has 168 valence electrons. The highest BCUT2D eigenvalue weighted by Gasteiger charge is 2.35. The number of imidazole rings is 1. The van der Waals surface area contributed by atoms with Gasteiger partial charge >= 0.3 is 12.1 Å². The van der Waals surface area contributed by atoms with Crippen LogP contribution in [0.5, 0.6) is 0 Å². The van der Waals surface area contributed by atoms with Gasteiger partial charge in [0.15, 0.2) is 5.69 Å². The van der Waals surface area contributed by atoms with Crippen LogP contribution in [-0.2, 0) is 15.8 Å². The lowest BCUT2D eigenvalue weighted by Crippen LogP contribution is -2.29. The SMILES string of the molecule is O=C(Nc1ccc(N[C@@H](O)C(=O)O)cn1)C(CC1CCCC1)n1cnc(C(F)(F)F)c1. The molecular weight excluding hydrogens is 419 g/mol. The fourth-order valence-corrected chi connectivity index (χ4v) is 3.56. The predicted octanol–water partition coefficient (Wildman–Crippen LogP) is 2.87. The van der Waals surface area contributed by atoms with Crippen LogP contribution in [0.4, 0.5) is 24.7 Å². The fraction of sp³-hybridized carbons (Fsp3) is 0.474. The maximum Gasteiger partial charge on any atom is 0.434 e. The summed E-state index contributed by atoms with van der Waals surface area (Å²) in [7, 11) is 0. The Balaban J connectivity index is 1.73. The number of aliphatic carboxylic acids is 1. The van der Waals surface area contributed by atoms with Crippen LogP contribution in [0, 0.1) is 5.92 Å². The van der Waals surface area contributed by atoms with E-state index in [2.05, 4.69) is 20.6 Å². The number of hydrogen-bond acceptors (Lipinski definition) is 6. The molecule has 0 saturated heterocycles. The van der Waals surface area contributed by atoms with Gasteiger partial charge in [-0.2, -0.15) is 13.2 Å². The molecule has 0 spiro atoms. The minimum Gasteiger partial charge on any atom is -0.478 e.